The quantitative estimate of drug-likeness (QED) is 0.385. The molecule has 1 saturated heterocycles. The Morgan fingerprint density at radius 2 is 1.71 bits per heavy atom. The number of guanidine groups is 1. The molecule has 0 aromatic carbocycles. The molecule has 2 aliphatic rings. The van der Waals surface area contributed by atoms with E-state index in [1.54, 1.807) is 0 Å². The van der Waals surface area contributed by atoms with Crippen molar-refractivity contribution in [2.24, 2.45) is 10.9 Å². The fourth-order valence-corrected chi connectivity index (χ4v) is 3.60. The number of nitrogens with zero attached hydrogens (tertiary/aromatic N) is 2. The summed E-state index contributed by atoms with van der Waals surface area (Å²) in [6.07, 6.45) is 10.7. The lowest BCUT2D eigenvalue weighted by Gasteiger charge is -2.30. The van der Waals surface area contributed by atoms with Gasteiger partial charge in [0.2, 0.25) is 0 Å². The number of nitrogens with one attached hydrogen (secondary N) is 2. The van der Waals surface area contributed by atoms with Gasteiger partial charge in [-0.15, -0.1) is 0 Å². The van der Waals surface area contributed by atoms with Gasteiger partial charge in [0, 0.05) is 26.7 Å². The number of piperidine rings is 1. The first-order chi connectivity index (χ1) is 11.8. The Hall–Kier alpha value is -0.810. The summed E-state index contributed by atoms with van der Waals surface area (Å²) in [6, 6.07) is 0. The smallest absolute Gasteiger partial charge is 0.190 e. The molecule has 24 heavy (non-hydrogen) atoms. The third kappa shape index (κ3) is 7.84. The van der Waals surface area contributed by atoms with Crippen LogP contribution in [-0.2, 0) is 4.74 Å². The molecule has 2 N–H and O–H groups in total. The van der Waals surface area contributed by atoms with E-state index >= 15 is 0 Å². The van der Waals surface area contributed by atoms with Gasteiger partial charge in [-0.1, -0.05) is 19.8 Å². The molecule has 5 heteroatoms. The molecule has 1 saturated carbocycles. The number of likely N-dealkylation sites (tertiary alicyclic amines) is 1. The Morgan fingerprint density at radius 1 is 1.04 bits per heavy atom. The predicted molar refractivity (Wildman–Crippen MR) is 102 cm³/mol. The van der Waals surface area contributed by atoms with Crippen molar-refractivity contribution in [3.05, 3.63) is 0 Å². The number of ether oxygens (including phenoxy) is 1. The van der Waals surface area contributed by atoms with Crippen LogP contribution in [0.5, 0.6) is 0 Å². The van der Waals surface area contributed by atoms with E-state index < -0.39 is 0 Å². The summed E-state index contributed by atoms with van der Waals surface area (Å²) in [7, 11) is 1.84. The average molecular weight is 339 g/mol. The van der Waals surface area contributed by atoms with Crippen LogP contribution in [0.15, 0.2) is 4.99 Å². The maximum absolute atomic E-state index is 5.89. The van der Waals surface area contributed by atoms with Crippen LogP contribution in [0.4, 0.5) is 0 Å². The van der Waals surface area contributed by atoms with Gasteiger partial charge in [0.05, 0.1) is 6.10 Å². The molecule has 0 radical (unpaired) electrons. The Labute approximate surface area is 148 Å². The van der Waals surface area contributed by atoms with Crippen LogP contribution in [-0.4, -0.2) is 63.3 Å². The van der Waals surface area contributed by atoms with Gasteiger partial charge < -0.3 is 20.3 Å². The van der Waals surface area contributed by atoms with Gasteiger partial charge >= 0.3 is 0 Å². The van der Waals surface area contributed by atoms with Crippen LogP contribution < -0.4 is 10.6 Å². The monoisotopic (exact) mass is 338 g/mol. The minimum Gasteiger partial charge on any atom is -0.378 e. The molecule has 0 atom stereocenters. The van der Waals surface area contributed by atoms with Crippen LogP contribution in [0, 0.1) is 5.92 Å². The van der Waals surface area contributed by atoms with Gasteiger partial charge in [-0.2, -0.15) is 0 Å². The molecule has 5 nitrogen and oxygen atoms in total. The molecule has 0 unspecified atom stereocenters. The van der Waals surface area contributed by atoms with E-state index in [1.807, 2.05) is 7.05 Å². The minimum atomic E-state index is 0.528. The lowest BCUT2D eigenvalue weighted by atomic mass is 9.99. The maximum Gasteiger partial charge on any atom is 0.190 e. The maximum atomic E-state index is 5.89. The summed E-state index contributed by atoms with van der Waals surface area (Å²) >= 11 is 0. The van der Waals surface area contributed by atoms with E-state index in [-0.39, 0.29) is 0 Å². The second-order valence-corrected chi connectivity index (χ2v) is 7.43. The highest BCUT2D eigenvalue weighted by molar-refractivity contribution is 5.79. The molecule has 1 aliphatic carbocycles. The zero-order chi connectivity index (χ0) is 17.0. The van der Waals surface area contributed by atoms with E-state index in [2.05, 4.69) is 27.4 Å². The van der Waals surface area contributed by atoms with E-state index in [1.165, 1.54) is 64.6 Å². The molecule has 140 valence electrons. The van der Waals surface area contributed by atoms with Gasteiger partial charge in [0.25, 0.3) is 0 Å². The number of hydrogen-bond acceptors (Lipinski definition) is 3. The summed E-state index contributed by atoms with van der Waals surface area (Å²) < 4.78 is 5.89. The Kier molecular flexibility index (Phi) is 9.51. The topological polar surface area (TPSA) is 48.9 Å². The van der Waals surface area contributed by atoms with Crippen molar-refractivity contribution < 1.29 is 4.74 Å². The first-order valence-corrected chi connectivity index (χ1v) is 10.1. The highest BCUT2D eigenvalue weighted by Crippen LogP contribution is 2.20. The second kappa shape index (κ2) is 11.7. The molecule has 2 rings (SSSR count). The lowest BCUT2D eigenvalue weighted by Crippen LogP contribution is -2.40. The summed E-state index contributed by atoms with van der Waals surface area (Å²) in [6.45, 7) is 8.90. The van der Waals surface area contributed by atoms with Gasteiger partial charge in [-0.3, -0.25) is 4.99 Å². The Bertz CT molecular complexity index is 347. The van der Waals surface area contributed by atoms with Crippen LogP contribution in [0.25, 0.3) is 0 Å². The van der Waals surface area contributed by atoms with Crippen LogP contribution in [0.1, 0.15) is 58.3 Å². The molecule has 0 aromatic heterocycles. The molecular formula is C19H38N4O. The highest BCUT2D eigenvalue weighted by atomic mass is 16.5. The van der Waals surface area contributed by atoms with Crippen molar-refractivity contribution >= 4 is 5.96 Å². The van der Waals surface area contributed by atoms with E-state index in [0.717, 1.165) is 38.0 Å². The van der Waals surface area contributed by atoms with Gasteiger partial charge in [0.1, 0.15) is 0 Å². The standard InChI is InChI=1S/C19H38N4O/c1-17-9-14-23(15-10-17)13-5-11-21-19(20-2)22-12-6-16-24-18-7-3-4-8-18/h17-18H,3-16H2,1-2H3,(H2,20,21,22). The predicted octanol–water partition coefficient (Wildman–Crippen LogP) is 2.62. The first kappa shape index (κ1) is 19.5. The third-order valence-corrected chi connectivity index (χ3v) is 5.31. The molecule has 2 fully saturated rings. The van der Waals surface area contributed by atoms with Crippen LogP contribution in [0.2, 0.25) is 0 Å². The molecule has 0 aromatic rings. The van der Waals surface area contributed by atoms with Crippen molar-refractivity contribution in [2.45, 2.75) is 64.4 Å². The summed E-state index contributed by atoms with van der Waals surface area (Å²) in [5, 5.41) is 6.81. The van der Waals surface area contributed by atoms with Crippen LogP contribution >= 0.6 is 0 Å². The first-order valence-electron chi connectivity index (χ1n) is 10.1. The second-order valence-electron chi connectivity index (χ2n) is 7.43. The van der Waals surface area contributed by atoms with Crippen molar-refractivity contribution in [3.8, 4) is 0 Å². The Morgan fingerprint density at radius 3 is 2.38 bits per heavy atom. The minimum absolute atomic E-state index is 0.528. The SMILES string of the molecule is CN=C(NCCCOC1CCCC1)NCCCN1CCC(C)CC1. The van der Waals surface area contributed by atoms with Gasteiger partial charge in [0.15, 0.2) is 5.96 Å². The van der Waals surface area contributed by atoms with Crippen molar-refractivity contribution in [2.75, 3.05) is 46.4 Å². The molecule has 0 spiro atoms. The molecule has 1 heterocycles. The summed E-state index contributed by atoms with van der Waals surface area (Å²) in [5.41, 5.74) is 0. The number of hydrogen-bond donors (Lipinski definition) is 2. The van der Waals surface area contributed by atoms with Crippen molar-refractivity contribution in [1.82, 2.24) is 15.5 Å². The van der Waals surface area contributed by atoms with E-state index in [4.69, 9.17) is 4.74 Å². The lowest BCUT2D eigenvalue weighted by molar-refractivity contribution is 0.0574. The molecule has 0 amide bonds. The molecule has 1 aliphatic heterocycles. The van der Waals surface area contributed by atoms with Crippen LogP contribution in [0.3, 0.4) is 0 Å². The molecule has 0 bridgehead atoms. The highest BCUT2D eigenvalue weighted by Gasteiger charge is 2.15. The summed E-state index contributed by atoms with van der Waals surface area (Å²) in [4.78, 5) is 6.89. The zero-order valence-electron chi connectivity index (χ0n) is 15.9. The molecular weight excluding hydrogens is 300 g/mol. The third-order valence-electron chi connectivity index (χ3n) is 5.31. The normalized spacial score (nSPS) is 21.3. The average Bonchev–Trinajstić information content (AvgIpc) is 3.11. The Balaban J connectivity index is 1.43. The van der Waals surface area contributed by atoms with Crippen molar-refractivity contribution in [3.63, 3.8) is 0 Å². The summed E-state index contributed by atoms with van der Waals surface area (Å²) in [5.74, 6) is 1.84. The number of aliphatic imine (C=N–C) groups is 1. The fraction of sp³-hybridized carbons (Fsp3) is 0.947. The van der Waals surface area contributed by atoms with Gasteiger partial charge in [-0.25, -0.2) is 0 Å². The zero-order valence-corrected chi connectivity index (χ0v) is 15.9. The number of rotatable bonds is 9. The van der Waals surface area contributed by atoms with E-state index in [0.29, 0.717) is 6.10 Å². The van der Waals surface area contributed by atoms with Gasteiger partial charge in [-0.05, 0) is 64.1 Å². The fourth-order valence-electron chi connectivity index (χ4n) is 3.60. The van der Waals surface area contributed by atoms with Crippen molar-refractivity contribution in [1.29, 1.82) is 0 Å². The van der Waals surface area contributed by atoms with E-state index in [9.17, 15) is 0 Å². The largest absolute Gasteiger partial charge is 0.378 e.